The molecule has 2 rings (SSSR count). The predicted molar refractivity (Wildman–Crippen MR) is 95.9 cm³/mol. The summed E-state index contributed by atoms with van der Waals surface area (Å²) in [5.41, 5.74) is 7.34. The molecule has 0 heterocycles. The lowest BCUT2D eigenvalue weighted by Crippen LogP contribution is -1.98. The molecule has 124 valence electrons. The van der Waals surface area contributed by atoms with E-state index in [2.05, 4.69) is 11.8 Å². The Kier molecular flexibility index (Phi) is 6.19. The fraction of sp³-hybridized carbons (Fsp3) is 0.158. The van der Waals surface area contributed by atoms with Crippen molar-refractivity contribution in [1.29, 1.82) is 0 Å². The third kappa shape index (κ3) is 4.98. The van der Waals surface area contributed by atoms with Crippen LogP contribution in [0.4, 0.5) is 0 Å². The molecule has 0 fully saturated rings. The Morgan fingerprint density at radius 2 is 1.75 bits per heavy atom. The molecule has 5 heteroatoms. The van der Waals surface area contributed by atoms with Gasteiger partial charge in [0.25, 0.3) is 0 Å². The van der Waals surface area contributed by atoms with Gasteiger partial charge in [0, 0.05) is 12.0 Å². The van der Waals surface area contributed by atoms with E-state index in [1.807, 2.05) is 24.3 Å². The maximum absolute atomic E-state index is 12.3. The van der Waals surface area contributed by atoms with Crippen LogP contribution in [0.15, 0.2) is 58.8 Å². The summed E-state index contributed by atoms with van der Waals surface area (Å²) in [5, 5.41) is 1.20. The third-order valence-corrected chi connectivity index (χ3v) is 4.72. The van der Waals surface area contributed by atoms with Crippen molar-refractivity contribution in [3.05, 3.63) is 65.1 Å². The van der Waals surface area contributed by atoms with Gasteiger partial charge in [-0.15, -0.1) is 5.92 Å². The standard InChI is InChI=1S/C19H19NO3S/c1-2-3-13-23-18-8-10-19(11-9-18)24(21,22)14-12-16-4-6-17(15-20)7-5-16/h4-12,14H,13,15,20H2,1H3. The van der Waals surface area contributed by atoms with Crippen LogP contribution in [-0.2, 0) is 16.4 Å². The van der Waals surface area contributed by atoms with Crippen LogP contribution in [0.5, 0.6) is 5.75 Å². The molecular formula is C19H19NO3S. The molecule has 0 aromatic heterocycles. The van der Waals surface area contributed by atoms with E-state index in [-0.39, 0.29) is 11.5 Å². The Bertz CT molecular complexity index is 856. The molecule has 2 N–H and O–H groups in total. The number of rotatable bonds is 6. The summed E-state index contributed by atoms with van der Waals surface area (Å²) in [4.78, 5) is 0.214. The van der Waals surface area contributed by atoms with Gasteiger partial charge in [-0.2, -0.15) is 0 Å². The number of sulfone groups is 1. The SMILES string of the molecule is CC#CCOc1ccc(S(=O)(=O)C=Cc2ccc(CN)cc2)cc1. The van der Waals surface area contributed by atoms with E-state index in [0.29, 0.717) is 12.3 Å². The second-order valence-corrected chi connectivity index (χ2v) is 6.81. The summed E-state index contributed by atoms with van der Waals surface area (Å²) in [6.07, 6.45) is 1.57. The molecule has 0 amide bonds. The summed E-state index contributed by atoms with van der Waals surface area (Å²) >= 11 is 0. The van der Waals surface area contributed by atoms with Gasteiger partial charge in [-0.3, -0.25) is 0 Å². The smallest absolute Gasteiger partial charge is 0.199 e. The largest absolute Gasteiger partial charge is 0.481 e. The minimum absolute atomic E-state index is 0.214. The van der Waals surface area contributed by atoms with Crippen molar-refractivity contribution in [2.75, 3.05) is 6.61 Å². The number of ether oxygens (including phenoxy) is 1. The Hall–Kier alpha value is -2.55. The van der Waals surface area contributed by atoms with Gasteiger partial charge in [0.2, 0.25) is 0 Å². The average Bonchev–Trinajstić information content (AvgIpc) is 2.61. The molecule has 0 saturated heterocycles. The normalized spacial score (nSPS) is 11.1. The molecule has 4 nitrogen and oxygen atoms in total. The van der Waals surface area contributed by atoms with Crippen molar-refractivity contribution < 1.29 is 13.2 Å². The summed E-state index contributed by atoms with van der Waals surface area (Å²) in [6, 6.07) is 13.7. The lowest BCUT2D eigenvalue weighted by atomic mass is 10.1. The Balaban J connectivity index is 2.10. The van der Waals surface area contributed by atoms with Crippen molar-refractivity contribution >= 4 is 15.9 Å². The van der Waals surface area contributed by atoms with Crippen molar-refractivity contribution in [1.82, 2.24) is 0 Å². The Labute approximate surface area is 142 Å². The molecule has 0 bridgehead atoms. The molecule has 0 unspecified atom stereocenters. The molecule has 0 aliphatic heterocycles. The van der Waals surface area contributed by atoms with Crippen LogP contribution in [0.3, 0.4) is 0 Å². The highest BCUT2D eigenvalue weighted by Crippen LogP contribution is 2.18. The van der Waals surface area contributed by atoms with Gasteiger partial charge in [-0.25, -0.2) is 8.42 Å². The van der Waals surface area contributed by atoms with Crippen LogP contribution in [0.1, 0.15) is 18.1 Å². The first-order valence-corrected chi connectivity index (χ1v) is 8.94. The fourth-order valence-electron chi connectivity index (χ4n) is 1.93. The van der Waals surface area contributed by atoms with Gasteiger partial charge in [0.1, 0.15) is 12.4 Å². The zero-order valence-corrected chi connectivity index (χ0v) is 14.2. The van der Waals surface area contributed by atoms with Crippen LogP contribution in [0, 0.1) is 11.8 Å². The highest BCUT2D eigenvalue weighted by Gasteiger charge is 2.10. The van der Waals surface area contributed by atoms with Crippen LogP contribution >= 0.6 is 0 Å². The summed E-state index contributed by atoms with van der Waals surface area (Å²) in [7, 11) is -3.50. The average molecular weight is 341 g/mol. The van der Waals surface area contributed by atoms with Gasteiger partial charge in [0.15, 0.2) is 9.84 Å². The van der Waals surface area contributed by atoms with E-state index in [0.717, 1.165) is 11.1 Å². The molecule has 0 saturated carbocycles. The zero-order valence-electron chi connectivity index (χ0n) is 13.4. The monoisotopic (exact) mass is 341 g/mol. The minimum Gasteiger partial charge on any atom is -0.481 e. The quantitative estimate of drug-likeness (QED) is 0.820. The van der Waals surface area contributed by atoms with Gasteiger partial charge >= 0.3 is 0 Å². The molecular weight excluding hydrogens is 322 g/mol. The molecule has 0 aliphatic rings. The summed E-state index contributed by atoms with van der Waals surface area (Å²) < 4.78 is 30.0. The van der Waals surface area contributed by atoms with Crippen molar-refractivity contribution in [2.45, 2.75) is 18.4 Å². The summed E-state index contributed by atoms with van der Waals surface area (Å²) in [6.45, 7) is 2.47. The fourth-order valence-corrected chi connectivity index (χ4v) is 2.94. The first-order chi connectivity index (χ1) is 11.5. The van der Waals surface area contributed by atoms with Crippen molar-refractivity contribution in [3.63, 3.8) is 0 Å². The van der Waals surface area contributed by atoms with Crippen LogP contribution in [0.25, 0.3) is 6.08 Å². The van der Waals surface area contributed by atoms with E-state index >= 15 is 0 Å². The van der Waals surface area contributed by atoms with Crippen molar-refractivity contribution in [2.24, 2.45) is 5.73 Å². The summed E-state index contributed by atoms with van der Waals surface area (Å²) in [5.74, 6) is 6.09. The number of benzene rings is 2. The second kappa shape index (κ2) is 8.34. The van der Waals surface area contributed by atoms with E-state index in [1.54, 1.807) is 25.1 Å². The molecule has 2 aromatic rings. The molecule has 24 heavy (non-hydrogen) atoms. The maximum Gasteiger partial charge on any atom is 0.199 e. The van der Waals surface area contributed by atoms with E-state index in [9.17, 15) is 8.42 Å². The van der Waals surface area contributed by atoms with Crippen LogP contribution < -0.4 is 10.5 Å². The maximum atomic E-state index is 12.3. The van der Waals surface area contributed by atoms with Gasteiger partial charge in [-0.05, 0) is 48.4 Å². The van der Waals surface area contributed by atoms with E-state index in [4.69, 9.17) is 10.5 Å². The lowest BCUT2D eigenvalue weighted by Gasteiger charge is -2.04. The van der Waals surface area contributed by atoms with Crippen molar-refractivity contribution in [3.8, 4) is 17.6 Å². The highest BCUT2D eigenvalue weighted by molar-refractivity contribution is 7.94. The predicted octanol–water partition coefficient (Wildman–Crippen LogP) is 2.99. The first-order valence-electron chi connectivity index (χ1n) is 7.40. The van der Waals surface area contributed by atoms with E-state index in [1.165, 1.54) is 17.5 Å². The van der Waals surface area contributed by atoms with E-state index < -0.39 is 9.84 Å². The third-order valence-electron chi connectivity index (χ3n) is 3.30. The Morgan fingerprint density at radius 1 is 1.08 bits per heavy atom. The van der Waals surface area contributed by atoms with Gasteiger partial charge in [-0.1, -0.05) is 30.2 Å². The number of hydrogen-bond acceptors (Lipinski definition) is 4. The molecule has 2 aromatic carbocycles. The highest BCUT2D eigenvalue weighted by atomic mass is 32.2. The van der Waals surface area contributed by atoms with Crippen LogP contribution in [-0.4, -0.2) is 15.0 Å². The molecule has 0 radical (unpaired) electrons. The van der Waals surface area contributed by atoms with Gasteiger partial charge < -0.3 is 10.5 Å². The first kappa shape index (κ1) is 17.8. The zero-order chi connectivity index (χ0) is 17.4. The van der Waals surface area contributed by atoms with Crippen LogP contribution in [0.2, 0.25) is 0 Å². The molecule has 0 atom stereocenters. The lowest BCUT2D eigenvalue weighted by molar-refractivity contribution is 0.370. The minimum atomic E-state index is -3.50. The topological polar surface area (TPSA) is 69.4 Å². The number of nitrogens with two attached hydrogens (primary N) is 1. The molecule has 0 spiro atoms. The molecule has 0 aliphatic carbocycles. The second-order valence-electron chi connectivity index (χ2n) is 4.98. The van der Waals surface area contributed by atoms with Gasteiger partial charge in [0.05, 0.1) is 4.90 Å². The number of hydrogen-bond donors (Lipinski definition) is 1. The Morgan fingerprint density at radius 3 is 2.33 bits per heavy atom.